The highest BCUT2D eigenvalue weighted by molar-refractivity contribution is 7.85. The lowest BCUT2D eigenvalue weighted by atomic mass is 9.43. The van der Waals surface area contributed by atoms with E-state index in [4.69, 9.17) is 15.4 Å². The summed E-state index contributed by atoms with van der Waals surface area (Å²) in [7, 11) is -3.80. The summed E-state index contributed by atoms with van der Waals surface area (Å²) in [5, 5.41) is 42.0. The van der Waals surface area contributed by atoms with Gasteiger partial charge in [-0.2, -0.15) is 8.42 Å². The van der Waals surface area contributed by atoms with Crippen molar-refractivity contribution in [1.29, 1.82) is 0 Å². The predicted molar refractivity (Wildman–Crippen MR) is 136 cm³/mol. The van der Waals surface area contributed by atoms with E-state index in [0.717, 1.165) is 44.9 Å². The van der Waals surface area contributed by atoms with Crippen molar-refractivity contribution >= 4 is 16.1 Å². The van der Waals surface area contributed by atoms with E-state index in [2.05, 4.69) is 20.8 Å². The number of rotatable bonds is 6. The molecule has 3 unspecified atom stereocenters. The second-order valence-corrected chi connectivity index (χ2v) is 14.1. The molecule has 4 fully saturated rings. The van der Waals surface area contributed by atoms with Gasteiger partial charge in [0.25, 0.3) is 10.1 Å². The van der Waals surface area contributed by atoms with Crippen LogP contribution in [-0.2, 0) is 14.9 Å². The zero-order chi connectivity index (χ0) is 27.1. The van der Waals surface area contributed by atoms with E-state index in [0.29, 0.717) is 30.1 Å². The lowest BCUT2D eigenvalue weighted by Gasteiger charge is -2.63. The molecule has 0 aromatic carbocycles. The Hall–Kier alpha value is -0.780. The highest BCUT2D eigenvalue weighted by Crippen LogP contribution is 2.68. The fourth-order valence-electron chi connectivity index (χ4n) is 8.83. The topological polar surface area (TPSA) is 178 Å². The van der Waals surface area contributed by atoms with Gasteiger partial charge in [0.15, 0.2) is 0 Å². The standard InChI is InChI=1S/C24H40O5.C2H7NO3S/c1-13(4-7-21(28)29)16-5-6-17-22-18(12-20(27)24(16,17)3)23(2)9-8-15(25)10-14(23)11-19(22)26;3-1-2-7(4,5)6/h13-20,22,25-27H,4-12H2,1-3H3,(H,28,29);1-3H2,(H,4,5,6)/t13-,14+,15-,16-,17?,18?,19-,20+,22?,23+,24-;/m1./s1. The first-order valence-corrected chi connectivity index (χ1v) is 15.2. The second-order valence-electron chi connectivity index (χ2n) is 12.5. The smallest absolute Gasteiger partial charge is 0.303 e. The molecule has 7 N–H and O–H groups in total. The average molecular weight is 534 g/mol. The van der Waals surface area contributed by atoms with Crippen LogP contribution >= 0.6 is 0 Å². The first-order valence-electron chi connectivity index (χ1n) is 13.6. The summed E-state index contributed by atoms with van der Waals surface area (Å²) in [4.78, 5) is 11.1. The third-order valence-electron chi connectivity index (χ3n) is 10.7. The van der Waals surface area contributed by atoms with Crippen LogP contribution in [-0.4, -0.2) is 70.0 Å². The molecule has 0 aliphatic heterocycles. The summed E-state index contributed by atoms with van der Waals surface area (Å²) >= 11 is 0. The fourth-order valence-corrected chi connectivity index (χ4v) is 9.13. The normalized spacial score (nSPS) is 44.9. The molecule has 0 bridgehead atoms. The third-order valence-corrected chi connectivity index (χ3v) is 11.5. The summed E-state index contributed by atoms with van der Waals surface area (Å²) in [5.41, 5.74) is 4.63. The van der Waals surface area contributed by atoms with Crippen LogP contribution in [0.15, 0.2) is 0 Å². The van der Waals surface area contributed by atoms with Gasteiger partial charge >= 0.3 is 5.97 Å². The van der Waals surface area contributed by atoms with Crippen LogP contribution in [0.2, 0.25) is 0 Å². The number of fused-ring (bicyclic) bond motifs is 5. The molecule has 0 aromatic heterocycles. The zero-order valence-electron chi connectivity index (χ0n) is 21.9. The summed E-state index contributed by atoms with van der Waals surface area (Å²) in [6, 6.07) is 0. The molecule has 10 heteroatoms. The first kappa shape index (κ1) is 29.8. The van der Waals surface area contributed by atoms with Gasteiger partial charge in [-0.25, -0.2) is 0 Å². The van der Waals surface area contributed by atoms with Crippen molar-refractivity contribution in [1.82, 2.24) is 0 Å². The molecular weight excluding hydrogens is 486 g/mol. The van der Waals surface area contributed by atoms with Crippen LogP contribution in [0.1, 0.15) is 78.6 Å². The third kappa shape index (κ3) is 5.78. The Balaban J connectivity index is 0.000000454. The van der Waals surface area contributed by atoms with Gasteiger partial charge in [0.05, 0.1) is 24.1 Å². The molecule has 210 valence electrons. The van der Waals surface area contributed by atoms with E-state index < -0.39 is 22.2 Å². The quantitative estimate of drug-likeness (QED) is 0.279. The maximum Gasteiger partial charge on any atom is 0.303 e. The molecule has 0 spiro atoms. The van der Waals surface area contributed by atoms with Crippen LogP contribution in [0.3, 0.4) is 0 Å². The number of carboxylic acid groups (broad SMARTS) is 1. The van der Waals surface area contributed by atoms with Crippen molar-refractivity contribution in [3.05, 3.63) is 0 Å². The summed E-state index contributed by atoms with van der Waals surface area (Å²) < 4.78 is 27.3. The van der Waals surface area contributed by atoms with E-state index in [1.54, 1.807) is 0 Å². The summed E-state index contributed by atoms with van der Waals surface area (Å²) in [5.74, 6) is 0.643. The molecule has 11 atom stereocenters. The average Bonchev–Trinajstić information content (AvgIpc) is 3.12. The predicted octanol–water partition coefficient (Wildman–Crippen LogP) is 2.28. The molecule has 0 aromatic rings. The van der Waals surface area contributed by atoms with E-state index in [9.17, 15) is 28.5 Å². The number of hydrogen-bond acceptors (Lipinski definition) is 7. The van der Waals surface area contributed by atoms with Gasteiger partial charge in [0.2, 0.25) is 0 Å². The van der Waals surface area contributed by atoms with Gasteiger partial charge in [-0.3, -0.25) is 9.35 Å². The minimum Gasteiger partial charge on any atom is -0.481 e. The zero-order valence-corrected chi connectivity index (χ0v) is 22.7. The van der Waals surface area contributed by atoms with E-state index in [1.807, 2.05) is 0 Å². The van der Waals surface area contributed by atoms with Crippen molar-refractivity contribution in [3.8, 4) is 0 Å². The van der Waals surface area contributed by atoms with Gasteiger partial charge < -0.3 is 26.2 Å². The first-order chi connectivity index (χ1) is 16.6. The molecule has 4 aliphatic rings. The number of carboxylic acids is 1. The summed E-state index contributed by atoms with van der Waals surface area (Å²) in [6.07, 6.45) is 6.00. The fraction of sp³-hybridized carbons (Fsp3) is 0.962. The maximum atomic E-state index is 11.5. The molecule has 0 radical (unpaired) electrons. The van der Waals surface area contributed by atoms with Crippen molar-refractivity contribution < 1.29 is 38.2 Å². The Kier molecular flexibility index (Phi) is 9.21. The van der Waals surface area contributed by atoms with Crippen molar-refractivity contribution in [2.45, 2.75) is 96.9 Å². The number of nitrogens with two attached hydrogens (primary N) is 1. The SMILES string of the molecule is C[C@H](CCC(=O)O)[C@H]1CCC2C3C(C[C@H](O)[C@@]21C)[C@@]1(C)CC[C@@H](O)C[C@H]1C[C@H]3O.NCCS(=O)(=O)O. The van der Waals surface area contributed by atoms with Crippen LogP contribution in [0.4, 0.5) is 0 Å². The molecule has 0 heterocycles. The molecular formula is C26H47NO8S. The number of aliphatic hydroxyl groups excluding tert-OH is 3. The Morgan fingerprint density at radius 3 is 2.28 bits per heavy atom. The second kappa shape index (κ2) is 11.1. The molecule has 36 heavy (non-hydrogen) atoms. The number of carbonyl (C=O) groups is 1. The molecule has 4 rings (SSSR count). The van der Waals surface area contributed by atoms with Crippen molar-refractivity contribution in [2.24, 2.45) is 52.1 Å². The molecule has 4 saturated carbocycles. The minimum atomic E-state index is -3.80. The monoisotopic (exact) mass is 533 g/mol. The molecule has 9 nitrogen and oxygen atoms in total. The van der Waals surface area contributed by atoms with Gasteiger partial charge in [0.1, 0.15) is 0 Å². The van der Waals surface area contributed by atoms with Gasteiger partial charge in [-0.05, 0) is 97.7 Å². The number of aliphatic hydroxyl groups is 3. The summed E-state index contributed by atoms with van der Waals surface area (Å²) in [6.45, 7) is 6.69. The highest BCUT2D eigenvalue weighted by atomic mass is 32.2. The van der Waals surface area contributed by atoms with Crippen LogP contribution < -0.4 is 5.73 Å². The maximum absolute atomic E-state index is 11.5. The van der Waals surface area contributed by atoms with E-state index in [-0.39, 0.29) is 53.6 Å². The number of hydrogen-bond donors (Lipinski definition) is 6. The highest BCUT2D eigenvalue weighted by Gasteiger charge is 2.65. The number of aliphatic carboxylic acids is 1. The van der Waals surface area contributed by atoms with Gasteiger partial charge in [-0.15, -0.1) is 0 Å². The van der Waals surface area contributed by atoms with Crippen molar-refractivity contribution in [2.75, 3.05) is 12.3 Å². The Bertz CT molecular complexity index is 883. The van der Waals surface area contributed by atoms with Crippen LogP contribution in [0, 0.1) is 46.3 Å². The molecule has 4 aliphatic carbocycles. The van der Waals surface area contributed by atoms with Crippen LogP contribution in [0.25, 0.3) is 0 Å². The lowest BCUT2D eigenvalue weighted by Crippen LogP contribution is -2.62. The Labute approximate surface area is 215 Å². The molecule has 0 saturated heterocycles. The Morgan fingerprint density at radius 1 is 1.06 bits per heavy atom. The van der Waals surface area contributed by atoms with E-state index >= 15 is 0 Å². The van der Waals surface area contributed by atoms with Crippen molar-refractivity contribution in [3.63, 3.8) is 0 Å². The van der Waals surface area contributed by atoms with Gasteiger partial charge in [-0.1, -0.05) is 20.8 Å². The lowest BCUT2D eigenvalue weighted by molar-refractivity contribution is -0.207. The molecule has 0 amide bonds. The Morgan fingerprint density at radius 2 is 1.72 bits per heavy atom. The van der Waals surface area contributed by atoms with Crippen LogP contribution in [0.5, 0.6) is 0 Å². The minimum absolute atomic E-state index is 0.0289. The van der Waals surface area contributed by atoms with Gasteiger partial charge in [0, 0.05) is 13.0 Å². The van der Waals surface area contributed by atoms with E-state index in [1.165, 1.54) is 0 Å². The largest absolute Gasteiger partial charge is 0.481 e.